The molecule has 0 saturated heterocycles. The molecule has 0 heterocycles. The highest BCUT2D eigenvalue weighted by Gasteiger charge is 2.30. The van der Waals surface area contributed by atoms with Gasteiger partial charge in [0.1, 0.15) is 5.78 Å². The van der Waals surface area contributed by atoms with Crippen LogP contribution in [0.4, 0.5) is 24.5 Å². The number of nitro benzene ring substituents is 1. The molecule has 0 spiro atoms. The molecule has 0 radical (unpaired) electrons. The Morgan fingerprint density at radius 2 is 1.55 bits per heavy atom. The third-order valence-electron chi connectivity index (χ3n) is 4.60. The normalized spacial score (nSPS) is 11.7. The fraction of sp³-hybridized carbons (Fsp3) is 0.136. The van der Waals surface area contributed by atoms with Crippen molar-refractivity contribution in [1.29, 1.82) is 0 Å². The molecular weight excluding hydrogens is 461 g/mol. The minimum atomic E-state index is -4.62. The van der Waals surface area contributed by atoms with Crippen molar-refractivity contribution in [2.24, 2.45) is 0 Å². The lowest BCUT2D eigenvalue weighted by Crippen LogP contribution is -2.15. The van der Waals surface area contributed by atoms with E-state index in [2.05, 4.69) is 4.72 Å². The third kappa shape index (κ3) is 6.39. The zero-order valence-corrected chi connectivity index (χ0v) is 17.7. The first kappa shape index (κ1) is 23.9. The SMILES string of the molecule is O=C(Cc1ccc([N+](=O)[O-])cc1)Cc1cccc(S(=O)(=O)Nc2cccc(C(F)(F)F)c2)c1. The molecule has 0 aliphatic heterocycles. The van der Waals surface area contributed by atoms with Crippen molar-refractivity contribution in [1.82, 2.24) is 0 Å². The average molecular weight is 478 g/mol. The topological polar surface area (TPSA) is 106 Å². The molecule has 0 saturated carbocycles. The zero-order chi connectivity index (χ0) is 24.2. The predicted octanol–water partition coefficient (Wildman–Crippen LogP) is 4.77. The number of carbonyl (C=O) groups excluding carboxylic acids is 1. The number of rotatable bonds is 8. The Hall–Kier alpha value is -3.73. The fourth-order valence-electron chi connectivity index (χ4n) is 3.05. The zero-order valence-electron chi connectivity index (χ0n) is 16.9. The molecule has 3 aromatic rings. The molecule has 0 aliphatic rings. The molecule has 0 bridgehead atoms. The Morgan fingerprint density at radius 1 is 0.909 bits per heavy atom. The fourth-order valence-corrected chi connectivity index (χ4v) is 4.17. The summed E-state index contributed by atoms with van der Waals surface area (Å²) in [5.74, 6) is -0.246. The number of non-ortho nitro benzene ring substituents is 1. The standard InChI is InChI=1S/C22H17F3N2O5S/c23-22(24,25)17-4-2-5-18(14-17)26-33(31,32)21-6-1-3-16(13-21)12-20(28)11-15-7-9-19(10-8-15)27(29)30/h1-10,13-14,26H,11-12H2. The minimum Gasteiger partial charge on any atom is -0.299 e. The Labute approximate surface area is 187 Å². The van der Waals surface area contributed by atoms with E-state index in [1.807, 2.05) is 0 Å². The number of ketones is 1. The second kappa shape index (κ2) is 9.41. The van der Waals surface area contributed by atoms with Gasteiger partial charge in [0.25, 0.3) is 15.7 Å². The van der Waals surface area contributed by atoms with E-state index in [1.54, 1.807) is 6.07 Å². The van der Waals surface area contributed by atoms with Gasteiger partial charge < -0.3 is 0 Å². The maximum absolute atomic E-state index is 12.9. The molecule has 0 atom stereocenters. The lowest BCUT2D eigenvalue weighted by atomic mass is 10.0. The summed E-state index contributed by atoms with van der Waals surface area (Å²) in [6, 6.07) is 14.8. The number of nitrogens with zero attached hydrogens (tertiary/aromatic N) is 1. The molecule has 0 aromatic heterocycles. The summed E-state index contributed by atoms with van der Waals surface area (Å²) in [6.07, 6.45) is -4.72. The molecule has 0 amide bonds. The van der Waals surface area contributed by atoms with Crippen LogP contribution in [0.15, 0.2) is 77.7 Å². The van der Waals surface area contributed by atoms with Gasteiger partial charge in [-0.2, -0.15) is 13.2 Å². The summed E-state index contributed by atoms with van der Waals surface area (Å²) >= 11 is 0. The van der Waals surface area contributed by atoms with Gasteiger partial charge in [-0.3, -0.25) is 19.6 Å². The predicted molar refractivity (Wildman–Crippen MR) is 114 cm³/mol. The summed E-state index contributed by atoms with van der Waals surface area (Å²) < 4.78 is 66.0. The van der Waals surface area contributed by atoms with Crippen LogP contribution in [0.2, 0.25) is 0 Å². The van der Waals surface area contributed by atoms with E-state index in [9.17, 15) is 36.5 Å². The van der Waals surface area contributed by atoms with E-state index >= 15 is 0 Å². The molecule has 0 fully saturated rings. The monoisotopic (exact) mass is 478 g/mol. The van der Waals surface area contributed by atoms with Crippen LogP contribution in [0.3, 0.4) is 0 Å². The largest absolute Gasteiger partial charge is 0.416 e. The molecule has 0 unspecified atom stereocenters. The van der Waals surface area contributed by atoms with Crippen LogP contribution in [0, 0.1) is 10.1 Å². The lowest BCUT2D eigenvalue weighted by Gasteiger charge is -2.12. The summed E-state index contributed by atoms with van der Waals surface area (Å²) in [4.78, 5) is 22.3. The highest BCUT2D eigenvalue weighted by atomic mass is 32.2. The smallest absolute Gasteiger partial charge is 0.299 e. The van der Waals surface area contributed by atoms with Gasteiger partial charge >= 0.3 is 6.18 Å². The number of anilines is 1. The average Bonchev–Trinajstić information content (AvgIpc) is 2.73. The highest BCUT2D eigenvalue weighted by Crippen LogP contribution is 2.31. The van der Waals surface area contributed by atoms with Crippen molar-refractivity contribution in [3.05, 3.63) is 99.6 Å². The Morgan fingerprint density at radius 3 is 2.18 bits per heavy atom. The first-order valence-corrected chi connectivity index (χ1v) is 11.0. The number of nitro groups is 1. The van der Waals surface area contributed by atoms with E-state index < -0.39 is 26.7 Å². The van der Waals surface area contributed by atoms with Crippen molar-refractivity contribution in [2.75, 3.05) is 4.72 Å². The molecule has 11 heteroatoms. The van der Waals surface area contributed by atoms with Crippen molar-refractivity contribution >= 4 is 27.2 Å². The van der Waals surface area contributed by atoms with Gasteiger partial charge in [0.05, 0.1) is 15.4 Å². The van der Waals surface area contributed by atoms with E-state index in [-0.39, 0.29) is 34.9 Å². The molecule has 7 nitrogen and oxygen atoms in total. The second-order valence-corrected chi connectivity index (χ2v) is 8.83. The van der Waals surface area contributed by atoms with Gasteiger partial charge in [-0.15, -0.1) is 0 Å². The number of carbonyl (C=O) groups is 1. The molecule has 33 heavy (non-hydrogen) atoms. The van der Waals surface area contributed by atoms with Gasteiger partial charge in [-0.05, 0) is 41.5 Å². The number of Topliss-reactive ketones (excluding diaryl/α,β-unsaturated/α-hetero) is 1. The summed E-state index contributed by atoms with van der Waals surface area (Å²) in [5, 5.41) is 10.7. The number of halogens is 3. The maximum Gasteiger partial charge on any atom is 0.416 e. The Kier molecular flexibility index (Phi) is 6.82. The van der Waals surface area contributed by atoms with Crippen molar-refractivity contribution in [2.45, 2.75) is 23.9 Å². The van der Waals surface area contributed by atoms with Crippen LogP contribution < -0.4 is 4.72 Å². The first-order chi connectivity index (χ1) is 15.4. The van der Waals surface area contributed by atoms with Gasteiger partial charge in [0.15, 0.2) is 0 Å². The number of hydrogen-bond acceptors (Lipinski definition) is 5. The second-order valence-electron chi connectivity index (χ2n) is 7.15. The number of nitrogens with one attached hydrogen (secondary N) is 1. The molecular formula is C22H17F3N2O5S. The van der Waals surface area contributed by atoms with E-state index in [1.165, 1.54) is 48.5 Å². The molecule has 3 aromatic carbocycles. The van der Waals surface area contributed by atoms with E-state index in [0.717, 1.165) is 12.1 Å². The van der Waals surface area contributed by atoms with Crippen molar-refractivity contribution < 1.29 is 31.3 Å². The van der Waals surface area contributed by atoms with Crippen molar-refractivity contribution in [3.8, 4) is 0 Å². The van der Waals surface area contributed by atoms with Crippen LogP contribution >= 0.6 is 0 Å². The summed E-state index contributed by atoms with van der Waals surface area (Å²) in [5.41, 5.74) is -0.371. The third-order valence-corrected chi connectivity index (χ3v) is 5.98. The number of benzene rings is 3. The summed E-state index contributed by atoms with van der Waals surface area (Å²) in [6.45, 7) is 0. The quantitative estimate of drug-likeness (QED) is 0.371. The molecule has 1 N–H and O–H groups in total. The van der Waals surface area contributed by atoms with Gasteiger partial charge in [0.2, 0.25) is 0 Å². The Balaban J connectivity index is 1.72. The van der Waals surface area contributed by atoms with Gasteiger partial charge in [0, 0.05) is 30.7 Å². The van der Waals surface area contributed by atoms with Crippen molar-refractivity contribution in [3.63, 3.8) is 0 Å². The van der Waals surface area contributed by atoms with E-state index in [0.29, 0.717) is 17.2 Å². The van der Waals surface area contributed by atoms with Crippen LogP contribution in [-0.4, -0.2) is 19.1 Å². The lowest BCUT2D eigenvalue weighted by molar-refractivity contribution is -0.384. The summed E-state index contributed by atoms with van der Waals surface area (Å²) in [7, 11) is -4.20. The number of alkyl halides is 3. The van der Waals surface area contributed by atoms with Crippen LogP contribution in [0.25, 0.3) is 0 Å². The van der Waals surface area contributed by atoms with Crippen LogP contribution in [0.5, 0.6) is 0 Å². The molecule has 3 rings (SSSR count). The Bertz CT molecular complexity index is 1290. The van der Waals surface area contributed by atoms with Crippen LogP contribution in [0.1, 0.15) is 16.7 Å². The van der Waals surface area contributed by atoms with Crippen LogP contribution in [-0.2, 0) is 33.8 Å². The number of sulfonamides is 1. The molecule has 0 aliphatic carbocycles. The number of hydrogen-bond donors (Lipinski definition) is 1. The first-order valence-electron chi connectivity index (χ1n) is 9.48. The molecule has 172 valence electrons. The van der Waals surface area contributed by atoms with Gasteiger partial charge in [-0.25, -0.2) is 8.42 Å². The maximum atomic E-state index is 12.9. The highest BCUT2D eigenvalue weighted by molar-refractivity contribution is 7.92. The minimum absolute atomic E-state index is 0.00252. The van der Waals surface area contributed by atoms with E-state index in [4.69, 9.17) is 0 Å². The van der Waals surface area contributed by atoms with Gasteiger partial charge in [-0.1, -0.05) is 30.3 Å².